The van der Waals surface area contributed by atoms with Crippen molar-refractivity contribution in [2.24, 2.45) is 0 Å². The van der Waals surface area contributed by atoms with E-state index in [1.165, 1.54) is 0 Å². The van der Waals surface area contributed by atoms with Crippen LogP contribution in [0.1, 0.15) is 30.9 Å². The highest BCUT2D eigenvalue weighted by Crippen LogP contribution is 2.36. The van der Waals surface area contributed by atoms with Gasteiger partial charge in [-0.2, -0.15) is 0 Å². The van der Waals surface area contributed by atoms with Crippen molar-refractivity contribution in [1.29, 1.82) is 0 Å². The van der Waals surface area contributed by atoms with Gasteiger partial charge < -0.3 is 9.84 Å². The Morgan fingerprint density at radius 2 is 1.72 bits per heavy atom. The highest BCUT2D eigenvalue weighted by molar-refractivity contribution is 6.30. The predicted octanol–water partition coefficient (Wildman–Crippen LogP) is 5.28. The third-order valence-corrected chi connectivity index (χ3v) is 4.25. The minimum Gasteiger partial charge on any atom is -0.507 e. The van der Waals surface area contributed by atoms with Crippen LogP contribution in [0, 0.1) is 0 Å². The number of rotatable bonds is 4. The number of benzene rings is 3. The zero-order valence-corrected chi connectivity index (χ0v) is 14.8. The van der Waals surface area contributed by atoms with Crippen molar-refractivity contribution in [1.82, 2.24) is 0 Å². The van der Waals surface area contributed by atoms with Crippen molar-refractivity contribution in [3.63, 3.8) is 0 Å². The Morgan fingerprint density at radius 3 is 2.40 bits per heavy atom. The summed E-state index contributed by atoms with van der Waals surface area (Å²) in [6.45, 7) is 3.64. The maximum Gasteiger partial charge on any atom is 0.318 e. The number of hydrogen-bond acceptors (Lipinski definition) is 3. The van der Waals surface area contributed by atoms with Crippen LogP contribution in [0.5, 0.6) is 5.75 Å². The molecule has 128 valence electrons. The smallest absolute Gasteiger partial charge is 0.318 e. The van der Waals surface area contributed by atoms with Crippen molar-refractivity contribution in [3.05, 3.63) is 76.8 Å². The summed E-state index contributed by atoms with van der Waals surface area (Å²) in [6, 6.07) is 18.1. The molecule has 3 aromatic carbocycles. The van der Waals surface area contributed by atoms with Crippen LogP contribution < -0.4 is 0 Å². The molecule has 0 aliphatic carbocycles. The van der Waals surface area contributed by atoms with Gasteiger partial charge in [-0.3, -0.25) is 4.79 Å². The lowest BCUT2D eigenvalue weighted by molar-refractivity contribution is -0.148. The summed E-state index contributed by atoms with van der Waals surface area (Å²) in [7, 11) is 0. The molecule has 1 atom stereocenters. The van der Waals surface area contributed by atoms with E-state index < -0.39 is 5.92 Å². The Morgan fingerprint density at radius 1 is 1.00 bits per heavy atom. The Balaban J connectivity index is 2.22. The number of ether oxygens (including phenoxy) is 1. The number of carbonyl (C=O) groups excluding carboxylic acids is 1. The van der Waals surface area contributed by atoms with Gasteiger partial charge in [0.1, 0.15) is 11.7 Å². The van der Waals surface area contributed by atoms with Gasteiger partial charge in [0.25, 0.3) is 0 Å². The number of halogens is 1. The molecule has 0 aliphatic rings. The van der Waals surface area contributed by atoms with Crippen molar-refractivity contribution < 1.29 is 14.6 Å². The molecule has 3 aromatic rings. The SMILES string of the molecule is CC(C)OC(=O)[C@H](c1cccc(Cl)c1)c1ccc(O)c2ccccc12. The highest BCUT2D eigenvalue weighted by Gasteiger charge is 2.27. The van der Waals surface area contributed by atoms with Gasteiger partial charge in [0, 0.05) is 10.4 Å². The molecule has 3 nitrogen and oxygen atoms in total. The van der Waals surface area contributed by atoms with Crippen LogP contribution in [-0.2, 0) is 9.53 Å². The van der Waals surface area contributed by atoms with E-state index in [1.54, 1.807) is 24.3 Å². The quantitative estimate of drug-likeness (QED) is 0.648. The fourth-order valence-electron chi connectivity index (χ4n) is 2.99. The molecule has 0 spiro atoms. The van der Waals surface area contributed by atoms with Crippen LogP contribution in [0.4, 0.5) is 0 Å². The lowest BCUT2D eigenvalue weighted by Crippen LogP contribution is -2.21. The Labute approximate surface area is 151 Å². The second kappa shape index (κ2) is 7.16. The standard InChI is InChI=1S/C21H19ClO3/c1-13(2)25-21(24)20(14-6-5-7-15(22)12-14)18-10-11-19(23)17-9-4-3-8-16(17)18/h3-13,20,23H,1-2H3/t20-/m1/s1. The molecule has 0 heterocycles. The summed E-state index contributed by atoms with van der Waals surface area (Å²) in [5.41, 5.74) is 1.54. The van der Waals surface area contributed by atoms with Gasteiger partial charge in [-0.05, 0) is 48.6 Å². The van der Waals surface area contributed by atoms with Gasteiger partial charge in [-0.15, -0.1) is 0 Å². The Hall–Kier alpha value is -2.52. The summed E-state index contributed by atoms with van der Waals surface area (Å²) in [6.07, 6.45) is -0.224. The summed E-state index contributed by atoms with van der Waals surface area (Å²) >= 11 is 6.14. The monoisotopic (exact) mass is 354 g/mol. The first kappa shape index (κ1) is 17.3. The van der Waals surface area contributed by atoms with Gasteiger partial charge in [-0.25, -0.2) is 0 Å². The fourth-order valence-corrected chi connectivity index (χ4v) is 3.19. The van der Waals surface area contributed by atoms with E-state index in [9.17, 15) is 9.90 Å². The van der Waals surface area contributed by atoms with E-state index in [0.717, 1.165) is 16.5 Å². The molecule has 0 aliphatic heterocycles. The van der Waals surface area contributed by atoms with E-state index in [0.29, 0.717) is 10.4 Å². The van der Waals surface area contributed by atoms with Crippen LogP contribution in [0.2, 0.25) is 5.02 Å². The number of aromatic hydroxyl groups is 1. The van der Waals surface area contributed by atoms with E-state index in [4.69, 9.17) is 16.3 Å². The second-order valence-electron chi connectivity index (χ2n) is 6.19. The van der Waals surface area contributed by atoms with Gasteiger partial charge in [0.2, 0.25) is 0 Å². The average Bonchev–Trinajstić information content (AvgIpc) is 2.57. The largest absolute Gasteiger partial charge is 0.507 e. The highest BCUT2D eigenvalue weighted by atomic mass is 35.5. The number of phenolic OH excluding ortho intramolecular Hbond substituents is 1. The normalized spacial score (nSPS) is 12.3. The number of carbonyl (C=O) groups is 1. The van der Waals surface area contributed by atoms with Crippen molar-refractivity contribution in [2.75, 3.05) is 0 Å². The summed E-state index contributed by atoms with van der Waals surface area (Å²) < 4.78 is 5.50. The van der Waals surface area contributed by atoms with Gasteiger partial charge >= 0.3 is 5.97 Å². The second-order valence-corrected chi connectivity index (χ2v) is 6.63. The third kappa shape index (κ3) is 3.62. The van der Waals surface area contributed by atoms with E-state index in [2.05, 4.69) is 0 Å². The summed E-state index contributed by atoms with van der Waals surface area (Å²) in [5, 5.41) is 12.2. The lowest BCUT2D eigenvalue weighted by atomic mass is 9.87. The number of hydrogen-bond donors (Lipinski definition) is 1. The molecule has 25 heavy (non-hydrogen) atoms. The zero-order valence-electron chi connectivity index (χ0n) is 14.1. The van der Waals surface area contributed by atoms with Crippen LogP contribution in [0.25, 0.3) is 10.8 Å². The van der Waals surface area contributed by atoms with Crippen molar-refractivity contribution >= 4 is 28.3 Å². The molecule has 4 heteroatoms. The van der Waals surface area contributed by atoms with Gasteiger partial charge in [0.05, 0.1) is 6.10 Å². The van der Waals surface area contributed by atoms with Crippen LogP contribution in [0.15, 0.2) is 60.7 Å². The van der Waals surface area contributed by atoms with Crippen LogP contribution in [0.3, 0.4) is 0 Å². The summed E-state index contributed by atoms with van der Waals surface area (Å²) in [4.78, 5) is 12.9. The summed E-state index contributed by atoms with van der Waals surface area (Å²) in [5.74, 6) is -0.777. The van der Waals surface area contributed by atoms with E-state index >= 15 is 0 Å². The molecule has 1 N–H and O–H groups in total. The third-order valence-electron chi connectivity index (χ3n) is 4.02. The molecular formula is C21H19ClO3. The average molecular weight is 355 g/mol. The number of fused-ring (bicyclic) bond motifs is 1. The molecule has 0 saturated heterocycles. The first-order valence-electron chi connectivity index (χ1n) is 8.14. The molecule has 0 radical (unpaired) electrons. The predicted molar refractivity (Wildman–Crippen MR) is 100 cm³/mol. The van der Waals surface area contributed by atoms with Crippen LogP contribution >= 0.6 is 11.6 Å². The molecule has 0 fully saturated rings. The van der Waals surface area contributed by atoms with Crippen LogP contribution in [-0.4, -0.2) is 17.2 Å². The van der Waals surface area contributed by atoms with E-state index in [-0.39, 0.29) is 17.8 Å². The first-order chi connectivity index (χ1) is 12.0. The van der Waals surface area contributed by atoms with Crippen molar-refractivity contribution in [2.45, 2.75) is 25.9 Å². The van der Waals surface area contributed by atoms with Crippen molar-refractivity contribution in [3.8, 4) is 5.75 Å². The maximum atomic E-state index is 12.9. The molecule has 0 amide bonds. The first-order valence-corrected chi connectivity index (χ1v) is 8.51. The molecule has 0 aromatic heterocycles. The maximum absolute atomic E-state index is 12.9. The van der Waals surface area contributed by atoms with Gasteiger partial charge in [0.15, 0.2) is 0 Å². The Kier molecular flexibility index (Phi) is 4.95. The number of phenols is 1. The topological polar surface area (TPSA) is 46.5 Å². The molecule has 3 rings (SSSR count). The molecular weight excluding hydrogens is 336 g/mol. The minimum absolute atomic E-state index is 0.182. The number of esters is 1. The Bertz CT molecular complexity index is 918. The van der Waals surface area contributed by atoms with E-state index in [1.807, 2.05) is 50.2 Å². The molecule has 0 unspecified atom stereocenters. The molecule has 0 bridgehead atoms. The van der Waals surface area contributed by atoms with Gasteiger partial charge in [-0.1, -0.05) is 54.1 Å². The molecule has 0 saturated carbocycles. The minimum atomic E-state index is -0.619. The zero-order chi connectivity index (χ0) is 18.0. The lowest BCUT2D eigenvalue weighted by Gasteiger charge is -2.21. The fraction of sp³-hybridized carbons (Fsp3) is 0.190.